The van der Waals surface area contributed by atoms with Gasteiger partial charge in [-0.3, -0.25) is 14.5 Å². The van der Waals surface area contributed by atoms with Crippen LogP contribution < -0.4 is 0 Å². The highest BCUT2D eigenvalue weighted by Crippen LogP contribution is 2.38. The SMILES string of the molecule is N#Cc1ccccc1CN1C(=O)S/C(=C/c2cc(Cl)cc(Br)c2O)C1=O. The minimum atomic E-state index is -0.483. The fourth-order valence-electron chi connectivity index (χ4n) is 2.41. The van der Waals surface area contributed by atoms with E-state index < -0.39 is 11.1 Å². The van der Waals surface area contributed by atoms with Gasteiger partial charge in [0.05, 0.1) is 27.6 Å². The van der Waals surface area contributed by atoms with E-state index in [1.165, 1.54) is 18.2 Å². The van der Waals surface area contributed by atoms with E-state index in [-0.39, 0.29) is 17.2 Å². The molecule has 1 fully saturated rings. The van der Waals surface area contributed by atoms with Crippen LogP contribution in [0.1, 0.15) is 16.7 Å². The Morgan fingerprint density at radius 1 is 1.31 bits per heavy atom. The van der Waals surface area contributed by atoms with Crippen LogP contribution in [0.3, 0.4) is 0 Å². The molecule has 0 aliphatic carbocycles. The number of hydrogen-bond donors (Lipinski definition) is 1. The van der Waals surface area contributed by atoms with E-state index in [2.05, 4.69) is 15.9 Å². The number of benzene rings is 2. The summed E-state index contributed by atoms with van der Waals surface area (Å²) in [5, 5.41) is 19.2. The van der Waals surface area contributed by atoms with Crippen molar-refractivity contribution in [2.24, 2.45) is 0 Å². The number of rotatable bonds is 3. The van der Waals surface area contributed by atoms with Crippen molar-refractivity contribution >= 4 is 56.5 Å². The molecule has 0 radical (unpaired) electrons. The Morgan fingerprint density at radius 3 is 2.77 bits per heavy atom. The topological polar surface area (TPSA) is 81.4 Å². The average molecular weight is 450 g/mol. The van der Waals surface area contributed by atoms with E-state index in [1.54, 1.807) is 24.3 Å². The van der Waals surface area contributed by atoms with E-state index in [4.69, 9.17) is 16.9 Å². The number of thioether (sulfide) groups is 1. The Balaban J connectivity index is 1.91. The van der Waals surface area contributed by atoms with Gasteiger partial charge < -0.3 is 5.11 Å². The fourth-order valence-corrected chi connectivity index (χ4v) is 4.07. The quantitative estimate of drug-likeness (QED) is 0.673. The van der Waals surface area contributed by atoms with Crippen LogP contribution in [0.2, 0.25) is 5.02 Å². The number of carbonyl (C=O) groups is 2. The van der Waals surface area contributed by atoms with Crippen molar-refractivity contribution in [3.05, 3.63) is 67.5 Å². The summed E-state index contributed by atoms with van der Waals surface area (Å²) in [6.07, 6.45) is 1.42. The van der Waals surface area contributed by atoms with E-state index in [9.17, 15) is 14.7 Å². The van der Waals surface area contributed by atoms with Crippen molar-refractivity contribution in [2.45, 2.75) is 6.54 Å². The molecule has 0 spiro atoms. The standard InChI is InChI=1S/C18H10BrClN2O3S/c19-14-7-13(20)5-12(16(14)23)6-15-17(24)22(18(25)26-15)9-11-4-2-1-3-10(11)8-21/h1-7,23H,9H2/b15-6+. The zero-order chi connectivity index (χ0) is 18.8. The smallest absolute Gasteiger partial charge is 0.293 e. The van der Waals surface area contributed by atoms with Gasteiger partial charge in [0.25, 0.3) is 11.1 Å². The van der Waals surface area contributed by atoms with Crippen molar-refractivity contribution in [3.8, 4) is 11.8 Å². The van der Waals surface area contributed by atoms with Gasteiger partial charge in [0.1, 0.15) is 5.75 Å². The maximum absolute atomic E-state index is 12.6. The summed E-state index contributed by atoms with van der Waals surface area (Å²) in [6.45, 7) is 0.0109. The summed E-state index contributed by atoms with van der Waals surface area (Å²) in [6, 6.07) is 11.9. The Labute approximate surface area is 167 Å². The number of phenols is 1. The van der Waals surface area contributed by atoms with Crippen LogP contribution in [0.15, 0.2) is 45.8 Å². The highest BCUT2D eigenvalue weighted by molar-refractivity contribution is 9.10. The largest absolute Gasteiger partial charge is 0.506 e. The molecule has 130 valence electrons. The number of imide groups is 1. The number of aromatic hydroxyl groups is 1. The van der Waals surface area contributed by atoms with E-state index in [0.29, 0.717) is 26.2 Å². The number of phenolic OH excluding ortho intramolecular Hbond substituents is 1. The minimum Gasteiger partial charge on any atom is -0.506 e. The predicted octanol–water partition coefficient (Wildman–Crippen LogP) is 4.92. The van der Waals surface area contributed by atoms with Gasteiger partial charge in [-0.15, -0.1) is 0 Å². The van der Waals surface area contributed by atoms with Crippen LogP contribution in [0.5, 0.6) is 5.75 Å². The molecule has 0 atom stereocenters. The monoisotopic (exact) mass is 448 g/mol. The van der Waals surface area contributed by atoms with Crippen molar-refractivity contribution in [1.82, 2.24) is 4.90 Å². The first-order valence-electron chi connectivity index (χ1n) is 7.32. The number of carbonyl (C=O) groups excluding carboxylic acids is 2. The second-order valence-electron chi connectivity index (χ2n) is 5.36. The normalized spacial score (nSPS) is 15.6. The highest BCUT2D eigenvalue weighted by Gasteiger charge is 2.35. The number of nitrogens with zero attached hydrogens (tertiary/aromatic N) is 2. The molecule has 8 heteroatoms. The molecule has 1 aliphatic rings. The Hall–Kier alpha value is -2.27. The van der Waals surface area contributed by atoms with Crippen molar-refractivity contribution in [2.75, 3.05) is 0 Å². The van der Waals surface area contributed by atoms with Crippen LogP contribution in [0.25, 0.3) is 6.08 Å². The van der Waals surface area contributed by atoms with Crippen LogP contribution in [0.4, 0.5) is 4.79 Å². The molecule has 0 unspecified atom stereocenters. The molecular formula is C18H10BrClN2O3S. The highest BCUT2D eigenvalue weighted by atomic mass is 79.9. The molecule has 2 aromatic rings. The molecule has 0 aromatic heterocycles. The van der Waals surface area contributed by atoms with Crippen molar-refractivity contribution in [1.29, 1.82) is 5.26 Å². The zero-order valence-corrected chi connectivity index (χ0v) is 16.2. The predicted molar refractivity (Wildman–Crippen MR) is 103 cm³/mol. The number of nitriles is 1. The molecule has 5 nitrogen and oxygen atoms in total. The molecule has 26 heavy (non-hydrogen) atoms. The Morgan fingerprint density at radius 2 is 2.04 bits per heavy atom. The third-order valence-electron chi connectivity index (χ3n) is 3.68. The first kappa shape index (κ1) is 18.5. The molecule has 1 heterocycles. The van der Waals surface area contributed by atoms with Crippen LogP contribution in [-0.2, 0) is 11.3 Å². The van der Waals surface area contributed by atoms with Crippen LogP contribution in [-0.4, -0.2) is 21.2 Å². The van der Waals surface area contributed by atoms with Gasteiger partial charge >= 0.3 is 0 Å². The third-order valence-corrected chi connectivity index (χ3v) is 5.41. The zero-order valence-electron chi connectivity index (χ0n) is 13.1. The van der Waals surface area contributed by atoms with Crippen molar-refractivity contribution in [3.63, 3.8) is 0 Å². The van der Waals surface area contributed by atoms with Crippen LogP contribution >= 0.6 is 39.3 Å². The Kier molecular flexibility index (Phi) is 5.37. The fraction of sp³-hybridized carbons (Fsp3) is 0.0556. The molecule has 3 rings (SSSR count). The lowest BCUT2D eigenvalue weighted by Gasteiger charge is -2.13. The molecule has 1 aliphatic heterocycles. The van der Waals surface area contributed by atoms with Crippen LogP contribution in [0, 0.1) is 11.3 Å². The molecular weight excluding hydrogens is 440 g/mol. The van der Waals surface area contributed by atoms with E-state index in [1.807, 2.05) is 6.07 Å². The number of halogens is 2. The number of hydrogen-bond acceptors (Lipinski definition) is 5. The lowest BCUT2D eigenvalue weighted by Crippen LogP contribution is -2.27. The maximum Gasteiger partial charge on any atom is 0.293 e. The summed E-state index contributed by atoms with van der Waals surface area (Å²) in [4.78, 5) is 26.1. The first-order chi connectivity index (χ1) is 12.4. The molecule has 1 N–H and O–H groups in total. The van der Waals surface area contributed by atoms with E-state index >= 15 is 0 Å². The van der Waals surface area contributed by atoms with Gasteiger partial charge in [0.15, 0.2) is 0 Å². The van der Waals surface area contributed by atoms with Gasteiger partial charge in [-0.1, -0.05) is 29.8 Å². The van der Waals surface area contributed by atoms with Gasteiger partial charge in [0, 0.05) is 10.6 Å². The van der Waals surface area contributed by atoms with Gasteiger partial charge in [-0.2, -0.15) is 5.26 Å². The first-order valence-corrected chi connectivity index (χ1v) is 9.31. The lowest BCUT2D eigenvalue weighted by molar-refractivity contribution is -0.123. The second-order valence-corrected chi connectivity index (χ2v) is 7.65. The molecule has 0 saturated carbocycles. The molecule has 0 bridgehead atoms. The average Bonchev–Trinajstić information content (AvgIpc) is 2.87. The molecule has 2 amide bonds. The summed E-state index contributed by atoms with van der Waals surface area (Å²) in [5.41, 5.74) is 1.33. The lowest BCUT2D eigenvalue weighted by atomic mass is 10.1. The maximum atomic E-state index is 12.6. The van der Waals surface area contributed by atoms with Gasteiger partial charge in [-0.25, -0.2) is 0 Å². The third kappa shape index (κ3) is 3.63. The van der Waals surface area contributed by atoms with Crippen molar-refractivity contribution < 1.29 is 14.7 Å². The summed E-state index contributed by atoms with van der Waals surface area (Å²) >= 11 is 9.93. The minimum absolute atomic E-state index is 0.0109. The second kappa shape index (κ2) is 7.54. The van der Waals surface area contributed by atoms with Gasteiger partial charge in [0.2, 0.25) is 0 Å². The number of amides is 2. The summed E-state index contributed by atoms with van der Waals surface area (Å²) in [5.74, 6) is -0.556. The van der Waals surface area contributed by atoms with Gasteiger partial charge in [-0.05, 0) is 57.5 Å². The molecule has 2 aromatic carbocycles. The molecule has 1 saturated heterocycles. The van der Waals surface area contributed by atoms with E-state index in [0.717, 1.165) is 16.7 Å². The Bertz CT molecular complexity index is 1000. The summed E-state index contributed by atoms with van der Waals surface area (Å²) < 4.78 is 0.387. The summed E-state index contributed by atoms with van der Waals surface area (Å²) in [7, 11) is 0.